The molecular weight excluding hydrogens is 206 g/mol. The second-order valence-electron chi connectivity index (χ2n) is 4.72. The van der Waals surface area contributed by atoms with Crippen LogP contribution in [0.25, 0.3) is 0 Å². The highest BCUT2D eigenvalue weighted by atomic mass is 16.6. The van der Waals surface area contributed by atoms with Gasteiger partial charge in [-0.25, -0.2) is 0 Å². The van der Waals surface area contributed by atoms with E-state index < -0.39 is 0 Å². The zero-order valence-electron chi connectivity index (χ0n) is 11.3. The fourth-order valence-corrected chi connectivity index (χ4v) is 1.22. The van der Waals surface area contributed by atoms with Gasteiger partial charge in [0.1, 0.15) is 0 Å². The molecule has 0 spiro atoms. The SMILES string of the molecule is CCNCC(COC)OCCOC(C)(C)C. The lowest BCUT2D eigenvalue weighted by Crippen LogP contribution is -2.34. The molecule has 0 rings (SSSR count). The van der Waals surface area contributed by atoms with E-state index >= 15 is 0 Å². The number of nitrogens with one attached hydrogen (secondary N) is 1. The molecule has 0 saturated carbocycles. The molecule has 98 valence electrons. The van der Waals surface area contributed by atoms with Gasteiger partial charge in [0.15, 0.2) is 0 Å². The Morgan fingerprint density at radius 3 is 2.38 bits per heavy atom. The first-order valence-electron chi connectivity index (χ1n) is 5.94. The third-order valence-corrected chi connectivity index (χ3v) is 1.95. The maximum Gasteiger partial charge on any atom is 0.0933 e. The van der Waals surface area contributed by atoms with Crippen molar-refractivity contribution in [3.63, 3.8) is 0 Å². The first kappa shape index (κ1) is 15.8. The van der Waals surface area contributed by atoms with Crippen LogP contribution in [0.4, 0.5) is 0 Å². The summed E-state index contributed by atoms with van der Waals surface area (Å²) in [4.78, 5) is 0. The van der Waals surface area contributed by atoms with E-state index in [0.29, 0.717) is 19.8 Å². The summed E-state index contributed by atoms with van der Waals surface area (Å²) in [7, 11) is 1.69. The first-order valence-corrected chi connectivity index (χ1v) is 5.94. The Morgan fingerprint density at radius 2 is 1.88 bits per heavy atom. The standard InChI is InChI=1S/C12H27NO3/c1-6-13-9-11(10-14-5)15-7-8-16-12(2,3)4/h11,13H,6-10H2,1-5H3. The molecule has 4 nitrogen and oxygen atoms in total. The minimum Gasteiger partial charge on any atom is -0.382 e. The maximum absolute atomic E-state index is 5.67. The van der Waals surface area contributed by atoms with Crippen molar-refractivity contribution in [2.24, 2.45) is 0 Å². The lowest BCUT2D eigenvalue weighted by molar-refractivity contribution is -0.0639. The van der Waals surface area contributed by atoms with Crippen LogP contribution in [-0.2, 0) is 14.2 Å². The number of rotatable bonds is 9. The highest BCUT2D eigenvalue weighted by Gasteiger charge is 2.11. The minimum atomic E-state index is -0.0955. The van der Waals surface area contributed by atoms with Gasteiger partial charge in [0.25, 0.3) is 0 Å². The molecule has 0 heterocycles. The van der Waals surface area contributed by atoms with E-state index in [1.54, 1.807) is 7.11 Å². The maximum atomic E-state index is 5.67. The Bertz CT molecular complexity index is 157. The van der Waals surface area contributed by atoms with Gasteiger partial charge in [-0.1, -0.05) is 6.92 Å². The monoisotopic (exact) mass is 233 g/mol. The summed E-state index contributed by atoms with van der Waals surface area (Å²) in [5, 5.41) is 3.24. The van der Waals surface area contributed by atoms with E-state index in [1.165, 1.54) is 0 Å². The highest BCUT2D eigenvalue weighted by molar-refractivity contribution is 4.61. The zero-order chi connectivity index (χ0) is 12.4. The Kier molecular flexibility index (Phi) is 8.84. The predicted octanol–water partition coefficient (Wildman–Crippen LogP) is 1.44. The summed E-state index contributed by atoms with van der Waals surface area (Å²) in [5.41, 5.74) is -0.0955. The molecule has 0 aliphatic rings. The third-order valence-electron chi connectivity index (χ3n) is 1.95. The van der Waals surface area contributed by atoms with Gasteiger partial charge < -0.3 is 19.5 Å². The summed E-state index contributed by atoms with van der Waals surface area (Å²) >= 11 is 0. The number of hydrogen-bond acceptors (Lipinski definition) is 4. The van der Waals surface area contributed by atoms with E-state index in [4.69, 9.17) is 14.2 Å². The predicted molar refractivity (Wildman–Crippen MR) is 65.9 cm³/mol. The Balaban J connectivity index is 3.59. The molecule has 0 aliphatic carbocycles. The van der Waals surface area contributed by atoms with Crippen molar-refractivity contribution < 1.29 is 14.2 Å². The molecule has 0 bridgehead atoms. The van der Waals surface area contributed by atoms with E-state index in [-0.39, 0.29) is 11.7 Å². The lowest BCUT2D eigenvalue weighted by Gasteiger charge is -2.21. The second kappa shape index (κ2) is 8.93. The van der Waals surface area contributed by atoms with Crippen molar-refractivity contribution in [1.29, 1.82) is 0 Å². The summed E-state index contributed by atoms with van der Waals surface area (Å²) in [6.45, 7) is 11.8. The molecule has 0 aromatic carbocycles. The number of hydrogen-bond donors (Lipinski definition) is 1. The van der Waals surface area contributed by atoms with Gasteiger partial charge in [0, 0.05) is 13.7 Å². The molecular formula is C12H27NO3. The van der Waals surface area contributed by atoms with Gasteiger partial charge in [-0.15, -0.1) is 0 Å². The Labute approximate surface area is 99.6 Å². The second-order valence-corrected chi connectivity index (χ2v) is 4.72. The van der Waals surface area contributed by atoms with Crippen LogP contribution in [0.15, 0.2) is 0 Å². The smallest absolute Gasteiger partial charge is 0.0933 e. The van der Waals surface area contributed by atoms with E-state index in [2.05, 4.69) is 12.2 Å². The molecule has 4 heteroatoms. The zero-order valence-corrected chi connectivity index (χ0v) is 11.3. The fourth-order valence-electron chi connectivity index (χ4n) is 1.22. The molecule has 0 saturated heterocycles. The van der Waals surface area contributed by atoms with Gasteiger partial charge in [0.05, 0.1) is 31.5 Å². The van der Waals surface area contributed by atoms with Crippen LogP contribution in [0.1, 0.15) is 27.7 Å². The number of likely N-dealkylation sites (N-methyl/N-ethyl adjacent to an activating group) is 1. The van der Waals surface area contributed by atoms with Crippen LogP contribution in [0.2, 0.25) is 0 Å². The first-order chi connectivity index (χ1) is 7.49. The summed E-state index contributed by atoms with van der Waals surface area (Å²) < 4.78 is 16.3. The average molecular weight is 233 g/mol. The normalized spacial score (nSPS) is 14.1. The van der Waals surface area contributed by atoms with Crippen molar-refractivity contribution >= 4 is 0 Å². The lowest BCUT2D eigenvalue weighted by atomic mass is 10.2. The van der Waals surface area contributed by atoms with E-state index in [1.807, 2.05) is 20.8 Å². The van der Waals surface area contributed by atoms with Crippen LogP contribution < -0.4 is 5.32 Å². The summed E-state index contributed by atoms with van der Waals surface area (Å²) in [5.74, 6) is 0. The molecule has 0 aromatic rings. The average Bonchev–Trinajstić information content (AvgIpc) is 2.19. The van der Waals surface area contributed by atoms with Gasteiger partial charge >= 0.3 is 0 Å². The fraction of sp³-hybridized carbons (Fsp3) is 1.00. The molecule has 0 aliphatic heterocycles. The largest absolute Gasteiger partial charge is 0.382 e. The van der Waals surface area contributed by atoms with Crippen LogP contribution in [0.3, 0.4) is 0 Å². The third kappa shape index (κ3) is 10.4. The molecule has 16 heavy (non-hydrogen) atoms. The van der Waals surface area contributed by atoms with E-state index in [9.17, 15) is 0 Å². The summed E-state index contributed by atoms with van der Waals surface area (Å²) in [6, 6.07) is 0. The van der Waals surface area contributed by atoms with Crippen LogP contribution in [0.5, 0.6) is 0 Å². The van der Waals surface area contributed by atoms with Crippen LogP contribution in [-0.4, -0.2) is 51.7 Å². The minimum absolute atomic E-state index is 0.0955. The molecule has 0 aromatic heterocycles. The van der Waals surface area contributed by atoms with Crippen LogP contribution >= 0.6 is 0 Å². The highest BCUT2D eigenvalue weighted by Crippen LogP contribution is 2.06. The summed E-state index contributed by atoms with van der Waals surface area (Å²) in [6.07, 6.45) is 0.105. The van der Waals surface area contributed by atoms with Crippen molar-refractivity contribution in [2.45, 2.75) is 39.4 Å². The van der Waals surface area contributed by atoms with Gasteiger partial charge in [-0.3, -0.25) is 0 Å². The van der Waals surface area contributed by atoms with Gasteiger partial charge in [-0.05, 0) is 27.3 Å². The van der Waals surface area contributed by atoms with Crippen molar-refractivity contribution in [1.82, 2.24) is 5.32 Å². The quantitative estimate of drug-likeness (QED) is 0.612. The molecule has 1 unspecified atom stereocenters. The molecule has 1 N–H and O–H groups in total. The molecule has 0 fully saturated rings. The number of ether oxygens (including phenoxy) is 3. The number of methoxy groups -OCH3 is 1. The Morgan fingerprint density at radius 1 is 1.19 bits per heavy atom. The molecule has 1 atom stereocenters. The van der Waals surface area contributed by atoms with Crippen molar-refractivity contribution in [3.05, 3.63) is 0 Å². The van der Waals surface area contributed by atoms with Crippen molar-refractivity contribution in [2.75, 3.05) is 40.0 Å². The van der Waals surface area contributed by atoms with Gasteiger partial charge in [0.2, 0.25) is 0 Å². The van der Waals surface area contributed by atoms with Crippen LogP contribution in [0, 0.1) is 0 Å². The molecule has 0 amide bonds. The van der Waals surface area contributed by atoms with Gasteiger partial charge in [-0.2, -0.15) is 0 Å². The topological polar surface area (TPSA) is 39.7 Å². The van der Waals surface area contributed by atoms with Crippen molar-refractivity contribution in [3.8, 4) is 0 Å². The molecule has 0 radical (unpaired) electrons. The Hall–Kier alpha value is -0.160. The van der Waals surface area contributed by atoms with E-state index in [0.717, 1.165) is 13.1 Å².